The first kappa shape index (κ1) is 21.6. The molecule has 0 saturated carbocycles. The quantitative estimate of drug-likeness (QED) is 0.510. The Hall–Kier alpha value is -3.15. The molecule has 152 valence electrons. The molecule has 30 heavy (non-hydrogen) atoms. The Bertz CT molecular complexity index is 1080. The van der Waals surface area contributed by atoms with Crippen LogP contribution in [0.5, 0.6) is 0 Å². The fraction of sp³-hybridized carbons (Fsp3) is 0.0870. The van der Waals surface area contributed by atoms with Crippen molar-refractivity contribution in [2.45, 2.75) is 12.5 Å². The lowest BCUT2D eigenvalue weighted by Gasteiger charge is -2.16. The zero-order valence-corrected chi connectivity index (χ0v) is 17.2. The predicted molar refractivity (Wildman–Crippen MR) is 116 cm³/mol. The molecule has 0 fully saturated rings. The third-order valence-corrected chi connectivity index (χ3v) is 5.22. The maximum Gasteiger partial charge on any atom is 0.326 e. The first-order chi connectivity index (χ1) is 14.4. The van der Waals surface area contributed by atoms with Crippen molar-refractivity contribution in [1.82, 2.24) is 5.32 Å². The number of benzene rings is 3. The third kappa shape index (κ3) is 4.87. The standard InChI is InChI=1S/C23H17Cl2NO4/c24-18-6-3-7-19(25)21(18)22(28)26-20(23(29)30)12-14-8-10-15(11-9-14)17-5-2-1-4-16(17)13-27/h1-11,13,20H,12H2,(H,26,28)(H,29,30)/t20-/m0/s1. The molecular weight excluding hydrogens is 425 g/mol. The molecule has 1 amide bonds. The third-order valence-electron chi connectivity index (χ3n) is 4.59. The highest BCUT2D eigenvalue weighted by Gasteiger charge is 2.23. The van der Waals surface area contributed by atoms with E-state index in [0.717, 1.165) is 17.4 Å². The molecule has 3 rings (SSSR count). The number of halogens is 2. The van der Waals surface area contributed by atoms with E-state index in [2.05, 4.69) is 5.32 Å². The molecule has 0 radical (unpaired) electrons. The second-order valence-corrected chi connectivity index (χ2v) is 7.38. The Balaban J connectivity index is 1.78. The maximum absolute atomic E-state index is 12.5. The van der Waals surface area contributed by atoms with Crippen LogP contribution in [0.1, 0.15) is 26.3 Å². The Kier molecular flexibility index (Phi) is 6.87. The normalized spacial score (nSPS) is 11.5. The molecule has 0 spiro atoms. The molecule has 0 saturated heterocycles. The van der Waals surface area contributed by atoms with Crippen LogP contribution in [0.2, 0.25) is 10.0 Å². The SMILES string of the molecule is O=Cc1ccccc1-c1ccc(C[C@H](NC(=O)c2c(Cl)cccc2Cl)C(=O)O)cc1. The molecule has 0 aromatic heterocycles. The number of carboxylic acid groups (broad SMARTS) is 1. The lowest BCUT2D eigenvalue weighted by molar-refractivity contribution is -0.139. The highest BCUT2D eigenvalue weighted by Crippen LogP contribution is 2.25. The van der Waals surface area contributed by atoms with Gasteiger partial charge in [0.25, 0.3) is 5.91 Å². The number of rotatable bonds is 7. The Morgan fingerprint density at radius 2 is 1.57 bits per heavy atom. The molecule has 0 aliphatic rings. The van der Waals surface area contributed by atoms with Crippen LogP contribution < -0.4 is 5.32 Å². The second-order valence-electron chi connectivity index (χ2n) is 6.57. The Morgan fingerprint density at radius 3 is 2.17 bits per heavy atom. The van der Waals surface area contributed by atoms with Gasteiger partial charge in [-0.1, -0.05) is 77.8 Å². The summed E-state index contributed by atoms with van der Waals surface area (Å²) in [5, 5.41) is 12.3. The van der Waals surface area contributed by atoms with Crippen molar-refractivity contribution in [3.05, 3.63) is 93.5 Å². The van der Waals surface area contributed by atoms with Gasteiger partial charge in [-0.3, -0.25) is 9.59 Å². The lowest BCUT2D eigenvalue weighted by atomic mass is 9.97. The number of hydrogen-bond donors (Lipinski definition) is 2. The van der Waals surface area contributed by atoms with Gasteiger partial charge in [0.15, 0.2) is 6.29 Å². The molecule has 3 aromatic rings. The summed E-state index contributed by atoms with van der Waals surface area (Å²) in [4.78, 5) is 35.4. The van der Waals surface area contributed by atoms with Crippen LogP contribution in [-0.4, -0.2) is 29.3 Å². The summed E-state index contributed by atoms with van der Waals surface area (Å²) < 4.78 is 0. The molecule has 0 aliphatic carbocycles. The fourth-order valence-corrected chi connectivity index (χ4v) is 3.63. The van der Waals surface area contributed by atoms with Crippen molar-refractivity contribution in [2.24, 2.45) is 0 Å². The molecule has 1 atom stereocenters. The van der Waals surface area contributed by atoms with E-state index < -0.39 is 17.9 Å². The Labute approximate surface area is 183 Å². The van der Waals surface area contributed by atoms with Crippen LogP contribution in [0, 0.1) is 0 Å². The minimum Gasteiger partial charge on any atom is -0.480 e. The van der Waals surface area contributed by atoms with E-state index >= 15 is 0 Å². The van der Waals surface area contributed by atoms with Crippen molar-refractivity contribution in [3.8, 4) is 11.1 Å². The summed E-state index contributed by atoms with van der Waals surface area (Å²) in [6, 6.07) is 17.8. The van der Waals surface area contributed by atoms with Gasteiger partial charge in [-0.25, -0.2) is 4.79 Å². The van der Waals surface area contributed by atoms with Gasteiger partial charge in [0.2, 0.25) is 0 Å². The summed E-state index contributed by atoms with van der Waals surface area (Å²) in [6.45, 7) is 0. The average molecular weight is 442 g/mol. The topological polar surface area (TPSA) is 83.5 Å². The first-order valence-electron chi connectivity index (χ1n) is 9.02. The van der Waals surface area contributed by atoms with Gasteiger partial charge >= 0.3 is 5.97 Å². The number of hydrogen-bond acceptors (Lipinski definition) is 3. The zero-order valence-electron chi connectivity index (χ0n) is 15.6. The van der Waals surface area contributed by atoms with E-state index in [1.165, 1.54) is 12.1 Å². The predicted octanol–water partition coefficient (Wildman–Crippen LogP) is 4.90. The molecule has 3 aromatic carbocycles. The highest BCUT2D eigenvalue weighted by molar-refractivity contribution is 6.39. The Morgan fingerprint density at radius 1 is 0.933 bits per heavy atom. The van der Waals surface area contributed by atoms with E-state index in [9.17, 15) is 19.5 Å². The number of carbonyl (C=O) groups excluding carboxylic acids is 2. The summed E-state index contributed by atoms with van der Waals surface area (Å²) in [7, 11) is 0. The zero-order chi connectivity index (χ0) is 21.7. The minimum absolute atomic E-state index is 0.0351. The molecule has 0 unspecified atom stereocenters. The number of aliphatic carboxylic acids is 1. The van der Waals surface area contributed by atoms with Crippen LogP contribution in [-0.2, 0) is 11.2 Å². The first-order valence-corrected chi connectivity index (χ1v) is 9.77. The monoisotopic (exact) mass is 441 g/mol. The van der Waals surface area contributed by atoms with Gasteiger partial charge in [0.1, 0.15) is 6.04 Å². The van der Waals surface area contributed by atoms with Crippen LogP contribution in [0.4, 0.5) is 0 Å². The number of nitrogens with one attached hydrogen (secondary N) is 1. The molecule has 0 bridgehead atoms. The van der Waals surface area contributed by atoms with E-state index in [-0.39, 0.29) is 22.0 Å². The van der Waals surface area contributed by atoms with E-state index in [1.807, 2.05) is 24.3 Å². The van der Waals surface area contributed by atoms with Crippen molar-refractivity contribution < 1.29 is 19.5 Å². The molecule has 2 N–H and O–H groups in total. The molecule has 5 nitrogen and oxygen atoms in total. The van der Waals surface area contributed by atoms with E-state index in [4.69, 9.17) is 23.2 Å². The summed E-state index contributed by atoms with van der Waals surface area (Å²) in [5.41, 5.74) is 2.93. The smallest absolute Gasteiger partial charge is 0.326 e. The largest absolute Gasteiger partial charge is 0.480 e. The molecule has 7 heteroatoms. The van der Waals surface area contributed by atoms with Gasteiger partial charge in [-0.2, -0.15) is 0 Å². The maximum atomic E-state index is 12.5. The van der Waals surface area contributed by atoms with Crippen LogP contribution in [0.15, 0.2) is 66.7 Å². The van der Waals surface area contributed by atoms with E-state index in [1.54, 1.807) is 30.3 Å². The van der Waals surface area contributed by atoms with Crippen molar-refractivity contribution in [1.29, 1.82) is 0 Å². The van der Waals surface area contributed by atoms with Gasteiger partial charge < -0.3 is 10.4 Å². The number of carboxylic acids is 1. The highest BCUT2D eigenvalue weighted by atomic mass is 35.5. The fourth-order valence-electron chi connectivity index (χ4n) is 3.06. The number of carbonyl (C=O) groups is 3. The molecule has 0 heterocycles. The number of aldehydes is 1. The lowest BCUT2D eigenvalue weighted by Crippen LogP contribution is -2.42. The summed E-state index contributed by atoms with van der Waals surface area (Å²) in [5.74, 6) is -1.84. The van der Waals surface area contributed by atoms with Crippen LogP contribution in [0.25, 0.3) is 11.1 Å². The van der Waals surface area contributed by atoms with Crippen LogP contribution >= 0.6 is 23.2 Å². The van der Waals surface area contributed by atoms with Crippen molar-refractivity contribution in [3.63, 3.8) is 0 Å². The summed E-state index contributed by atoms with van der Waals surface area (Å²) >= 11 is 12.1. The summed E-state index contributed by atoms with van der Waals surface area (Å²) in [6.07, 6.45) is 0.859. The second kappa shape index (κ2) is 9.57. The van der Waals surface area contributed by atoms with Crippen LogP contribution in [0.3, 0.4) is 0 Å². The minimum atomic E-state index is -1.18. The van der Waals surface area contributed by atoms with Gasteiger partial charge in [0.05, 0.1) is 15.6 Å². The average Bonchev–Trinajstić information content (AvgIpc) is 2.73. The number of amides is 1. The molecule has 0 aliphatic heterocycles. The van der Waals surface area contributed by atoms with Gasteiger partial charge in [0, 0.05) is 12.0 Å². The molecular formula is C23H17Cl2NO4. The van der Waals surface area contributed by atoms with Crippen molar-refractivity contribution >= 4 is 41.4 Å². The van der Waals surface area contributed by atoms with Crippen molar-refractivity contribution in [2.75, 3.05) is 0 Å². The van der Waals surface area contributed by atoms with E-state index in [0.29, 0.717) is 11.1 Å². The van der Waals surface area contributed by atoms with Gasteiger partial charge in [-0.05, 0) is 28.8 Å². The van der Waals surface area contributed by atoms with Gasteiger partial charge in [-0.15, -0.1) is 0 Å².